The van der Waals surface area contributed by atoms with E-state index in [2.05, 4.69) is 10.3 Å². The van der Waals surface area contributed by atoms with Gasteiger partial charge in [0.25, 0.3) is 0 Å². The van der Waals surface area contributed by atoms with Crippen molar-refractivity contribution in [3.63, 3.8) is 0 Å². The second-order valence-electron chi connectivity index (χ2n) is 6.22. The molecule has 1 aromatic heterocycles. The summed E-state index contributed by atoms with van der Waals surface area (Å²) >= 11 is 12.0. The molecule has 0 unspecified atom stereocenters. The summed E-state index contributed by atoms with van der Waals surface area (Å²) in [4.78, 5) is 4.12. The van der Waals surface area contributed by atoms with Gasteiger partial charge in [-0.15, -0.1) is 0 Å². The fourth-order valence-corrected chi connectivity index (χ4v) is 3.02. The Morgan fingerprint density at radius 2 is 1.68 bits per heavy atom. The van der Waals surface area contributed by atoms with Crippen LogP contribution < -0.4 is 14.8 Å². The molecule has 2 aromatic carbocycles. The molecule has 4 nitrogen and oxygen atoms in total. The summed E-state index contributed by atoms with van der Waals surface area (Å²) in [6, 6.07) is 15.4. The van der Waals surface area contributed by atoms with E-state index in [1.54, 1.807) is 18.3 Å². The van der Waals surface area contributed by atoms with Gasteiger partial charge >= 0.3 is 0 Å². The summed E-state index contributed by atoms with van der Waals surface area (Å²) in [5, 5.41) is 4.46. The van der Waals surface area contributed by atoms with Crippen LogP contribution in [0.2, 0.25) is 10.0 Å². The zero-order chi connectivity index (χ0) is 19.8. The third-order valence-corrected chi connectivity index (χ3v) is 4.81. The minimum Gasteiger partial charge on any atom is -0.490 e. The number of ether oxygens (including phenoxy) is 2. The predicted octanol–water partition coefficient (Wildman–Crippen LogP) is 5.66. The summed E-state index contributed by atoms with van der Waals surface area (Å²) in [5.74, 6) is 1.42. The molecule has 0 spiro atoms. The van der Waals surface area contributed by atoms with Gasteiger partial charge in [0, 0.05) is 25.5 Å². The van der Waals surface area contributed by atoms with Crippen LogP contribution in [-0.4, -0.2) is 11.6 Å². The molecule has 28 heavy (non-hydrogen) atoms. The quantitative estimate of drug-likeness (QED) is 0.488. The van der Waals surface area contributed by atoms with Gasteiger partial charge in [-0.2, -0.15) is 0 Å². The van der Waals surface area contributed by atoms with E-state index in [9.17, 15) is 0 Å². The summed E-state index contributed by atoms with van der Waals surface area (Å²) in [6.07, 6.45) is 3.63. The van der Waals surface area contributed by atoms with E-state index < -0.39 is 0 Å². The molecule has 0 radical (unpaired) electrons. The molecular weight excluding hydrogens is 395 g/mol. The van der Waals surface area contributed by atoms with E-state index in [4.69, 9.17) is 32.7 Å². The maximum absolute atomic E-state index is 6.07. The van der Waals surface area contributed by atoms with Crippen molar-refractivity contribution in [2.45, 2.75) is 26.6 Å². The molecule has 1 N–H and O–H groups in total. The highest BCUT2D eigenvalue weighted by atomic mass is 35.5. The van der Waals surface area contributed by atoms with Crippen LogP contribution in [0.4, 0.5) is 0 Å². The summed E-state index contributed by atoms with van der Waals surface area (Å²) in [5.41, 5.74) is 3.21. The fraction of sp³-hybridized carbons (Fsp3) is 0.227. The van der Waals surface area contributed by atoms with Crippen molar-refractivity contribution in [1.29, 1.82) is 0 Å². The highest BCUT2D eigenvalue weighted by Gasteiger charge is 2.08. The molecule has 3 aromatic rings. The Balaban J connectivity index is 1.62. The number of nitrogens with one attached hydrogen (secondary N) is 1. The van der Waals surface area contributed by atoms with Gasteiger partial charge in [-0.25, -0.2) is 0 Å². The number of hydrogen-bond acceptors (Lipinski definition) is 4. The van der Waals surface area contributed by atoms with Crippen molar-refractivity contribution in [2.24, 2.45) is 0 Å². The largest absolute Gasteiger partial charge is 0.490 e. The van der Waals surface area contributed by atoms with Crippen LogP contribution in [0.1, 0.15) is 23.6 Å². The summed E-state index contributed by atoms with van der Waals surface area (Å²) in [7, 11) is 0. The minimum atomic E-state index is 0.384. The van der Waals surface area contributed by atoms with Gasteiger partial charge in [0.2, 0.25) is 0 Å². The van der Waals surface area contributed by atoms with Gasteiger partial charge in [0.15, 0.2) is 11.5 Å². The van der Waals surface area contributed by atoms with Crippen LogP contribution >= 0.6 is 23.2 Å². The third kappa shape index (κ3) is 5.86. The molecule has 0 fully saturated rings. The number of rotatable bonds is 9. The van der Waals surface area contributed by atoms with Gasteiger partial charge in [-0.05, 0) is 53.9 Å². The first kappa shape index (κ1) is 20.5. The molecule has 0 aliphatic rings. The summed E-state index contributed by atoms with van der Waals surface area (Å²) in [6.45, 7) is 4.39. The topological polar surface area (TPSA) is 43.4 Å². The first-order chi connectivity index (χ1) is 13.7. The third-order valence-electron chi connectivity index (χ3n) is 4.07. The molecule has 0 amide bonds. The van der Waals surface area contributed by atoms with Crippen molar-refractivity contribution in [2.75, 3.05) is 6.61 Å². The molecular formula is C22H22Cl2N2O2. The first-order valence-electron chi connectivity index (χ1n) is 9.07. The second-order valence-corrected chi connectivity index (χ2v) is 7.03. The SMILES string of the molecule is CCOc1cc(CNCc2cccnc2)ccc1OCc1ccc(Cl)c(Cl)c1. The zero-order valence-corrected chi connectivity index (χ0v) is 17.1. The first-order valence-corrected chi connectivity index (χ1v) is 9.83. The molecule has 0 aliphatic heterocycles. The van der Waals surface area contributed by atoms with Crippen molar-refractivity contribution in [3.05, 3.63) is 87.7 Å². The van der Waals surface area contributed by atoms with Crippen LogP contribution in [0.15, 0.2) is 60.9 Å². The maximum atomic E-state index is 6.07. The average Bonchev–Trinajstić information content (AvgIpc) is 2.71. The lowest BCUT2D eigenvalue weighted by Gasteiger charge is -2.14. The van der Waals surface area contributed by atoms with Gasteiger partial charge in [-0.1, -0.05) is 41.4 Å². The Morgan fingerprint density at radius 3 is 2.43 bits per heavy atom. The van der Waals surface area contributed by atoms with Crippen LogP contribution in [-0.2, 0) is 19.7 Å². The molecule has 0 aliphatic carbocycles. The van der Waals surface area contributed by atoms with E-state index in [1.165, 1.54) is 0 Å². The maximum Gasteiger partial charge on any atom is 0.161 e. The van der Waals surface area contributed by atoms with Gasteiger partial charge < -0.3 is 14.8 Å². The van der Waals surface area contributed by atoms with Gasteiger partial charge in [0.1, 0.15) is 6.61 Å². The number of benzene rings is 2. The standard InChI is InChI=1S/C22H22Cl2N2O2/c1-2-27-22-11-16(12-26-14-18-4-3-9-25-13-18)6-8-21(22)28-15-17-5-7-19(23)20(24)10-17/h3-11,13,26H,2,12,14-15H2,1H3. The molecule has 146 valence electrons. The van der Waals surface area contributed by atoms with Crippen molar-refractivity contribution >= 4 is 23.2 Å². The number of nitrogens with zero attached hydrogens (tertiary/aromatic N) is 1. The van der Waals surface area contributed by atoms with E-state index in [0.29, 0.717) is 29.0 Å². The molecule has 0 saturated heterocycles. The normalized spacial score (nSPS) is 10.7. The molecule has 0 saturated carbocycles. The van der Waals surface area contributed by atoms with Gasteiger partial charge in [0.05, 0.1) is 16.7 Å². The zero-order valence-electron chi connectivity index (χ0n) is 15.6. The highest BCUT2D eigenvalue weighted by Crippen LogP contribution is 2.30. The second kappa shape index (κ2) is 10.3. The Bertz CT molecular complexity index is 904. The Morgan fingerprint density at radius 1 is 0.857 bits per heavy atom. The number of pyridine rings is 1. The Hall–Kier alpha value is -2.27. The molecule has 6 heteroatoms. The number of hydrogen-bond donors (Lipinski definition) is 1. The van der Waals surface area contributed by atoms with Crippen molar-refractivity contribution < 1.29 is 9.47 Å². The van der Waals surface area contributed by atoms with Crippen LogP contribution in [0.5, 0.6) is 11.5 Å². The van der Waals surface area contributed by atoms with E-state index in [1.807, 2.05) is 49.5 Å². The number of halogens is 2. The van der Waals surface area contributed by atoms with Crippen molar-refractivity contribution in [1.82, 2.24) is 10.3 Å². The lowest BCUT2D eigenvalue weighted by atomic mass is 10.2. The minimum absolute atomic E-state index is 0.384. The smallest absolute Gasteiger partial charge is 0.161 e. The molecule has 0 atom stereocenters. The lowest BCUT2D eigenvalue weighted by Crippen LogP contribution is -2.13. The molecule has 1 heterocycles. The highest BCUT2D eigenvalue weighted by molar-refractivity contribution is 6.42. The Kier molecular flexibility index (Phi) is 7.54. The predicted molar refractivity (Wildman–Crippen MR) is 113 cm³/mol. The van der Waals surface area contributed by atoms with Crippen LogP contribution in [0, 0.1) is 0 Å². The summed E-state index contributed by atoms with van der Waals surface area (Å²) < 4.78 is 11.7. The van der Waals surface area contributed by atoms with Crippen LogP contribution in [0.25, 0.3) is 0 Å². The Labute approximate surface area is 175 Å². The average molecular weight is 417 g/mol. The van der Waals surface area contributed by atoms with E-state index in [-0.39, 0.29) is 0 Å². The van der Waals surface area contributed by atoms with Crippen LogP contribution in [0.3, 0.4) is 0 Å². The van der Waals surface area contributed by atoms with Gasteiger partial charge in [-0.3, -0.25) is 4.98 Å². The fourth-order valence-electron chi connectivity index (χ4n) is 2.69. The van der Waals surface area contributed by atoms with E-state index >= 15 is 0 Å². The molecule has 3 rings (SSSR count). The van der Waals surface area contributed by atoms with Crippen molar-refractivity contribution in [3.8, 4) is 11.5 Å². The monoisotopic (exact) mass is 416 g/mol. The number of aromatic nitrogens is 1. The van der Waals surface area contributed by atoms with E-state index in [0.717, 1.165) is 35.5 Å². The lowest BCUT2D eigenvalue weighted by molar-refractivity contribution is 0.269. The molecule has 0 bridgehead atoms.